The molecule has 0 aliphatic rings. The normalized spacial score (nSPS) is 11.9. The van der Waals surface area contributed by atoms with Crippen molar-refractivity contribution in [2.45, 2.75) is 19.9 Å². The van der Waals surface area contributed by atoms with E-state index in [1.54, 1.807) is 32.0 Å². The first kappa shape index (κ1) is 20.3. The maximum absolute atomic E-state index is 13.0. The van der Waals surface area contributed by atoms with Gasteiger partial charge in [-0.3, -0.25) is 14.2 Å². The van der Waals surface area contributed by atoms with E-state index in [2.05, 4.69) is 10.3 Å². The van der Waals surface area contributed by atoms with Crippen molar-refractivity contribution in [1.82, 2.24) is 9.55 Å². The molecule has 1 aromatic carbocycles. The number of nitrogens with one attached hydrogen (secondary N) is 1. The minimum absolute atomic E-state index is 0.00105. The van der Waals surface area contributed by atoms with Crippen molar-refractivity contribution in [2.24, 2.45) is 0 Å². The van der Waals surface area contributed by atoms with Crippen molar-refractivity contribution in [2.75, 3.05) is 19.5 Å². The number of aryl methyl sites for hydroxylation is 1. The van der Waals surface area contributed by atoms with Crippen molar-refractivity contribution in [3.05, 3.63) is 45.3 Å². The van der Waals surface area contributed by atoms with Crippen LogP contribution in [0, 0.1) is 6.92 Å². The molecule has 2 aromatic heterocycles. The van der Waals surface area contributed by atoms with Crippen LogP contribution in [-0.2, 0) is 4.79 Å². The zero-order chi connectivity index (χ0) is 21.3. The summed E-state index contributed by atoms with van der Waals surface area (Å²) in [5.74, 6) is -0.405. The third kappa shape index (κ3) is 3.66. The first-order valence-corrected chi connectivity index (χ1v) is 9.43. The fourth-order valence-corrected chi connectivity index (χ4v) is 3.94. The number of carbonyl (C=O) groups is 2. The molecule has 10 heteroatoms. The molecule has 0 aliphatic carbocycles. The number of rotatable bonds is 6. The van der Waals surface area contributed by atoms with E-state index in [1.807, 2.05) is 0 Å². The fraction of sp³-hybridized carbons (Fsp3) is 0.263. The number of carbonyl (C=O) groups excluding carboxylic acids is 1. The van der Waals surface area contributed by atoms with Gasteiger partial charge in [-0.2, -0.15) is 0 Å². The van der Waals surface area contributed by atoms with Crippen molar-refractivity contribution >= 4 is 39.1 Å². The number of aromatic carboxylic acids is 1. The Kier molecular flexibility index (Phi) is 5.55. The second-order valence-electron chi connectivity index (χ2n) is 6.20. The molecule has 3 rings (SSSR count). The Hall–Kier alpha value is -3.40. The van der Waals surface area contributed by atoms with Gasteiger partial charge in [0.15, 0.2) is 11.5 Å². The lowest BCUT2D eigenvalue weighted by Crippen LogP contribution is -2.34. The van der Waals surface area contributed by atoms with Gasteiger partial charge in [0.25, 0.3) is 5.56 Å². The summed E-state index contributed by atoms with van der Waals surface area (Å²) in [4.78, 5) is 41.8. The molecule has 9 nitrogen and oxygen atoms in total. The first-order chi connectivity index (χ1) is 13.8. The van der Waals surface area contributed by atoms with Crippen LogP contribution >= 0.6 is 11.3 Å². The highest BCUT2D eigenvalue weighted by atomic mass is 32.1. The summed E-state index contributed by atoms with van der Waals surface area (Å²) in [7, 11) is 2.99. The lowest BCUT2D eigenvalue weighted by molar-refractivity contribution is -0.118. The summed E-state index contributed by atoms with van der Waals surface area (Å²) in [5, 5.41) is 13.4. The molecule has 1 amide bonds. The molecule has 0 spiro atoms. The number of methoxy groups -OCH3 is 2. The van der Waals surface area contributed by atoms with E-state index in [-0.39, 0.29) is 10.9 Å². The van der Waals surface area contributed by atoms with E-state index in [4.69, 9.17) is 9.47 Å². The number of hydrogen-bond donors (Lipinski definition) is 2. The molecule has 1 unspecified atom stereocenters. The van der Waals surface area contributed by atoms with E-state index in [1.165, 1.54) is 24.2 Å². The average molecular weight is 417 g/mol. The van der Waals surface area contributed by atoms with E-state index in [9.17, 15) is 19.5 Å². The molecule has 29 heavy (non-hydrogen) atoms. The highest BCUT2D eigenvalue weighted by Gasteiger charge is 2.24. The second-order valence-corrected chi connectivity index (χ2v) is 7.06. The van der Waals surface area contributed by atoms with Gasteiger partial charge in [-0.1, -0.05) is 0 Å². The lowest BCUT2D eigenvalue weighted by Gasteiger charge is -2.18. The molecular weight excluding hydrogens is 398 g/mol. The standard InChI is InChI=1S/C19H19N3O6S/c1-9(16(23)21-11-5-6-13(27-3)14(7-11)28-4)22-10(2)20-17-15(18(22)24)12(8-29-17)19(25)26/h5-9H,1-4H3,(H,21,23)(H,25,26). The van der Waals surface area contributed by atoms with Crippen molar-refractivity contribution in [3.8, 4) is 11.5 Å². The molecule has 1 atom stereocenters. The topological polar surface area (TPSA) is 120 Å². The lowest BCUT2D eigenvalue weighted by atomic mass is 10.2. The zero-order valence-corrected chi connectivity index (χ0v) is 17.0. The van der Waals surface area contributed by atoms with Crippen LogP contribution < -0.4 is 20.3 Å². The third-order valence-corrected chi connectivity index (χ3v) is 5.34. The average Bonchev–Trinajstić information content (AvgIpc) is 3.11. The Morgan fingerprint density at radius 1 is 1.24 bits per heavy atom. The number of hydrogen-bond acceptors (Lipinski definition) is 7. The number of thiophene rings is 1. The highest BCUT2D eigenvalue weighted by molar-refractivity contribution is 7.17. The second kappa shape index (κ2) is 7.92. The monoisotopic (exact) mass is 417 g/mol. The van der Waals surface area contributed by atoms with E-state index in [0.717, 1.165) is 11.3 Å². The van der Waals surface area contributed by atoms with E-state index in [0.29, 0.717) is 27.8 Å². The van der Waals surface area contributed by atoms with E-state index < -0.39 is 23.5 Å². The molecule has 0 aliphatic heterocycles. The fourth-order valence-electron chi connectivity index (χ4n) is 3.00. The molecular formula is C19H19N3O6S. The number of anilines is 1. The Morgan fingerprint density at radius 2 is 1.93 bits per heavy atom. The number of fused-ring (bicyclic) bond motifs is 1. The number of nitrogens with zero attached hydrogens (tertiary/aromatic N) is 2. The number of carboxylic acid groups (broad SMARTS) is 1. The number of ether oxygens (including phenoxy) is 2. The van der Waals surface area contributed by atoms with Crippen LogP contribution in [-0.4, -0.2) is 40.8 Å². The molecule has 2 N–H and O–H groups in total. The molecule has 0 saturated heterocycles. The maximum Gasteiger partial charge on any atom is 0.337 e. The van der Waals surface area contributed by atoms with Gasteiger partial charge in [0.05, 0.1) is 25.2 Å². The Balaban J connectivity index is 1.98. The quantitative estimate of drug-likeness (QED) is 0.633. The summed E-state index contributed by atoms with van der Waals surface area (Å²) in [5.41, 5.74) is -0.231. The summed E-state index contributed by atoms with van der Waals surface area (Å²) in [6, 6.07) is 3.97. The van der Waals surface area contributed by atoms with Gasteiger partial charge in [0, 0.05) is 17.1 Å². The van der Waals surface area contributed by atoms with Crippen LogP contribution in [0.4, 0.5) is 5.69 Å². The highest BCUT2D eigenvalue weighted by Crippen LogP contribution is 2.30. The molecule has 0 fully saturated rings. The summed E-state index contributed by atoms with van der Waals surface area (Å²) in [6.07, 6.45) is 0. The van der Waals surface area contributed by atoms with Gasteiger partial charge in [-0.05, 0) is 26.0 Å². The predicted octanol–water partition coefficient (Wildman–Crippen LogP) is 2.68. The summed E-state index contributed by atoms with van der Waals surface area (Å²) in [6.45, 7) is 3.14. The Morgan fingerprint density at radius 3 is 2.55 bits per heavy atom. The van der Waals surface area contributed by atoms with Crippen LogP contribution in [0.25, 0.3) is 10.2 Å². The van der Waals surface area contributed by atoms with Crippen molar-refractivity contribution in [1.29, 1.82) is 0 Å². The Labute approximate surface area is 169 Å². The van der Waals surface area contributed by atoms with Crippen molar-refractivity contribution < 1.29 is 24.2 Å². The number of benzene rings is 1. The van der Waals surface area contributed by atoms with Gasteiger partial charge in [-0.25, -0.2) is 9.78 Å². The number of amides is 1. The van der Waals surface area contributed by atoms with Gasteiger partial charge in [0.2, 0.25) is 5.91 Å². The van der Waals surface area contributed by atoms with Crippen LogP contribution in [0.1, 0.15) is 29.1 Å². The smallest absolute Gasteiger partial charge is 0.337 e. The van der Waals surface area contributed by atoms with Gasteiger partial charge in [0.1, 0.15) is 16.7 Å². The minimum Gasteiger partial charge on any atom is -0.493 e. The van der Waals surface area contributed by atoms with Crippen LogP contribution in [0.5, 0.6) is 11.5 Å². The molecule has 3 aromatic rings. The zero-order valence-electron chi connectivity index (χ0n) is 16.2. The largest absolute Gasteiger partial charge is 0.493 e. The van der Waals surface area contributed by atoms with Crippen molar-refractivity contribution in [3.63, 3.8) is 0 Å². The molecule has 0 saturated carbocycles. The van der Waals surface area contributed by atoms with Gasteiger partial charge in [-0.15, -0.1) is 11.3 Å². The molecule has 152 valence electrons. The number of carboxylic acids is 1. The van der Waals surface area contributed by atoms with Crippen LogP contribution in [0.2, 0.25) is 0 Å². The SMILES string of the molecule is COc1ccc(NC(=O)C(C)n2c(C)nc3scc(C(=O)O)c3c2=O)cc1OC. The Bertz CT molecular complexity index is 1170. The molecule has 0 bridgehead atoms. The number of aromatic nitrogens is 2. The maximum atomic E-state index is 13.0. The summed E-state index contributed by atoms with van der Waals surface area (Å²) < 4.78 is 11.6. The molecule has 2 heterocycles. The minimum atomic E-state index is -1.21. The van der Waals surface area contributed by atoms with Gasteiger partial charge < -0.3 is 19.9 Å². The third-order valence-electron chi connectivity index (χ3n) is 4.46. The summed E-state index contributed by atoms with van der Waals surface area (Å²) >= 11 is 1.08. The van der Waals surface area contributed by atoms with E-state index >= 15 is 0 Å². The molecule has 0 radical (unpaired) electrons. The van der Waals surface area contributed by atoms with Crippen LogP contribution in [0.15, 0.2) is 28.4 Å². The predicted molar refractivity (Wildman–Crippen MR) is 108 cm³/mol. The first-order valence-electron chi connectivity index (χ1n) is 8.55. The van der Waals surface area contributed by atoms with Gasteiger partial charge >= 0.3 is 5.97 Å². The van der Waals surface area contributed by atoms with Crippen LogP contribution in [0.3, 0.4) is 0 Å².